The number of benzene rings is 1. The summed E-state index contributed by atoms with van der Waals surface area (Å²) in [6.07, 6.45) is 0.825. The van der Waals surface area contributed by atoms with Gasteiger partial charge in [-0.15, -0.1) is 11.3 Å². The van der Waals surface area contributed by atoms with Crippen LogP contribution in [0.15, 0.2) is 30.3 Å². The average molecular weight is 290 g/mol. The van der Waals surface area contributed by atoms with Gasteiger partial charge in [0.2, 0.25) is 0 Å². The van der Waals surface area contributed by atoms with E-state index in [0.29, 0.717) is 12.5 Å². The number of aromatic nitrogens is 1. The van der Waals surface area contributed by atoms with Gasteiger partial charge < -0.3 is 10.5 Å². The number of hydrogen-bond donors (Lipinski definition) is 1. The minimum absolute atomic E-state index is 0.0497. The first kappa shape index (κ1) is 15.0. The molecule has 0 bridgehead atoms. The van der Waals surface area contributed by atoms with E-state index in [2.05, 4.69) is 13.8 Å². The molecule has 1 aromatic carbocycles. The van der Waals surface area contributed by atoms with Crippen molar-refractivity contribution in [2.24, 2.45) is 5.73 Å². The topological polar surface area (TPSA) is 48.1 Å². The normalized spacial score (nSPS) is 12.7. The lowest BCUT2D eigenvalue weighted by Gasteiger charge is -2.07. The second kappa shape index (κ2) is 6.86. The Balaban J connectivity index is 1.98. The molecule has 1 atom stereocenters. The summed E-state index contributed by atoms with van der Waals surface area (Å²) in [6, 6.07) is 9.92. The van der Waals surface area contributed by atoms with Crippen molar-refractivity contribution in [1.29, 1.82) is 0 Å². The first-order chi connectivity index (χ1) is 9.58. The number of hydrogen-bond acceptors (Lipinski definition) is 4. The molecule has 0 aliphatic heterocycles. The van der Waals surface area contributed by atoms with E-state index in [1.165, 1.54) is 4.88 Å². The van der Waals surface area contributed by atoms with Crippen molar-refractivity contribution in [2.45, 2.75) is 39.2 Å². The van der Waals surface area contributed by atoms with Gasteiger partial charge in [0.05, 0.1) is 17.3 Å². The van der Waals surface area contributed by atoms with Crippen molar-refractivity contribution in [2.75, 3.05) is 6.61 Å². The van der Waals surface area contributed by atoms with Crippen LogP contribution in [0, 0.1) is 0 Å². The van der Waals surface area contributed by atoms with Crippen LogP contribution >= 0.6 is 11.3 Å². The zero-order chi connectivity index (χ0) is 14.5. The Bertz CT molecular complexity index is 509. The highest BCUT2D eigenvalue weighted by Gasteiger charge is 2.16. The fraction of sp³-hybridized carbons (Fsp3) is 0.438. The first-order valence-electron chi connectivity index (χ1n) is 7.01. The second-order valence-corrected chi connectivity index (χ2v) is 6.33. The lowest BCUT2D eigenvalue weighted by Crippen LogP contribution is -2.06. The van der Waals surface area contributed by atoms with E-state index in [0.717, 1.165) is 22.9 Å². The summed E-state index contributed by atoms with van der Waals surface area (Å²) >= 11 is 1.71. The molecule has 108 valence electrons. The Hall–Kier alpha value is -1.39. The molecule has 4 heteroatoms. The highest BCUT2D eigenvalue weighted by atomic mass is 32.1. The maximum atomic E-state index is 6.02. The van der Waals surface area contributed by atoms with Crippen LogP contribution in [0.5, 0.6) is 5.75 Å². The van der Waals surface area contributed by atoms with Crippen molar-refractivity contribution in [1.82, 2.24) is 4.98 Å². The minimum Gasteiger partial charge on any atom is -0.493 e. The van der Waals surface area contributed by atoms with Gasteiger partial charge in [0.15, 0.2) is 0 Å². The molecule has 2 aromatic rings. The lowest BCUT2D eigenvalue weighted by atomic mass is 10.1. The third kappa shape index (κ3) is 3.81. The molecule has 0 fully saturated rings. The quantitative estimate of drug-likeness (QED) is 0.877. The van der Waals surface area contributed by atoms with Gasteiger partial charge in [0.1, 0.15) is 5.75 Å². The van der Waals surface area contributed by atoms with E-state index in [1.807, 2.05) is 37.3 Å². The summed E-state index contributed by atoms with van der Waals surface area (Å²) in [4.78, 5) is 5.92. The van der Waals surface area contributed by atoms with Crippen molar-refractivity contribution >= 4 is 11.3 Å². The minimum atomic E-state index is 0.0497. The highest BCUT2D eigenvalue weighted by Crippen LogP contribution is 2.29. The van der Waals surface area contributed by atoms with Gasteiger partial charge >= 0.3 is 0 Å². The van der Waals surface area contributed by atoms with E-state index in [1.54, 1.807) is 11.3 Å². The third-order valence-electron chi connectivity index (χ3n) is 3.01. The molecule has 0 radical (unpaired) electrons. The van der Waals surface area contributed by atoms with E-state index in [-0.39, 0.29) is 6.04 Å². The molecule has 0 spiro atoms. The maximum absolute atomic E-state index is 6.02. The molecule has 3 nitrogen and oxygen atoms in total. The Labute approximate surface area is 124 Å². The van der Waals surface area contributed by atoms with Crippen molar-refractivity contribution < 1.29 is 4.74 Å². The largest absolute Gasteiger partial charge is 0.493 e. The van der Waals surface area contributed by atoms with Gasteiger partial charge in [-0.3, -0.25) is 0 Å². The van der Waals surface area contributed by atoms with Crippen LogP contribution in [0.4, 0.5) is 0 Å². The van der Waals surface area contributed by atoms with E-state index >= 15 is 0 Å². The van der Waals surface area contributed by atoms with Crippen molar-refractivity contribution in [3.63, 3.8) is 0 Å². The molecule has 1 unspecified atom stereocenters. The predicted octanol–water partition coefficient (Wildman–Crippen LogP) is 3.91. The number of nitrogens with two attached hydrogens (primary N) is 1. The monoisotopic (exact) mass is 290 g/mol. The Morgan fingerprint density at radius 3 is 2.45 bits per heavy atom. The third-order valence-corrected chi connectivity index (χ3v) is 4.35. The average Bonchev–Trinajstić information content (AvgIpc) is 2.85. The first-order valence-corrected chi connectivity index (χ1v) is 7.82. The summed E-state index contributed by atoms with van der Waals surface area (Å²) in [5.41, 5.74) is 7.16. The zero-order valence-electron chi connectivity index (χ0n) is 12.3. The lowest BCUT2D eigenvalue weighted by molar-refractivity contribution is 0.321. The second-order valence-electron chi connectivity index (χ2n) is 5.21. The Morgan fingerprint density at radius 1 is 1.20 bits per heavy atom. The molecule has 0 saturated heterocycles. The fourth-order valence-corrected chi connectivity index (χ4v) is 3.17. The fourth-order valence-electron chi connectivity index (χ4n) is 2.01. The van der Waals surface area contributed by atoms with Crippen LogP contribution in [0.1, 0.15) is 48.3 Å². The van der Waals surface area contributed by atoms with E-state index in [4.69, 9.17) is 15.5 Å². The Morgan fingerprint density at radius 2 is 1.90 bits per heavy atom. The zero-order valence-corrected chi connectivity index (χ0v) is 13.1. The number of thiazole rings is 1. The van der Waals surface area contributed by atoms with E-state index in [9.17, 15) is 0 Å². The van der Waals surface area contributed by atoms with Gasteiger partial charge in [-0.2, -0.15) is 0 Å². The number of para-hydroxylation sites is 1. The van der Waals surface area contributed by atoms with Gasteiger partial charge in [-0.25, -0.2) is 4.98 Å². The van der Waals surface area contributed by atoms with Crippen LogP contribution < -0.4 is 10.5 Å². The number of ether oxygens (including phenoxy) is 1. The Kier molecular flexibility index (Phi) is 5.15. The molecule has 0 amide bonds. The predicted molar refractivity (Wildman–Crippen MR) is 84.4 cm³/mol. The molecular formula is C16H22N2OS. The summed E-state index contributed by atoms with van der Waals surface area (Å²) in [6.45, 7) is 6.98. The van der Waals surface area contributed by atoms with Crippen LogP contribution in [-0.2, 0) is 6.42 Å². The summed E-state index contributed by atoms with van der Waals surface area (Å²) in [5, 5.41) is 1.11. The van der Waals surface area contributed by atoms with Crippen LogP contribution in [0.3, 0.4) is 0 Å². The number of rotatable bonds is 6. The SMILES string of the molecule is CC(C)c1nc(CCOc2ccccc2)sc1C(C)N. The van der Waals surface area contributed by atoms with E-state index < -0.39 is 0 Å². The van der Waals surface area contributed by atoms with Crippen LogP contribution in [0.25, 0.3) is 0 Å². The molecule has 0 aliphatic carbocycles. The molecular weight excluding hydrogens is 268 g/mol. The summed E-state index contributed by atoms with van der Waals surface area (Å²) in [7, 11) is 0. The van der Waals surface area contributed by atoms with Crippen molar-refractivity contribution in [3.05, 3.63) is 45.9 Å². The highest BCUT2D eigenvalue weighted by molar-refractivity contribution is 7.11. The molecule has 1 heterocycles. The molecule has 1 aromatic heterocycles. The number of nitrogens with zero attached hydrogens (tertiary/aromatic N) is 1. The molecule has 2 N–H and O–H groups in total. The molecule has 0 aliphatic rings. The van der Waals surface area contributed by atoms with Gasteiger partial charge in [-0.1, -0.05) is 32.0 Å². The standard InChI is InChI=1S/C16H22N2OS/c1-11(2)15-16(12(3)17)20-14(18-15)9-10-19-13-7-5-4-6-8-13/h4-8,11-12H,9-10,17H2,1-3H3. The van der Waals surface area contributed by atoms with Crippen LogP contribution in [0.2, 0.25) is 0 Å². The van der Waals surface area contributed by atoms with Gasteiger partial charge in [-0.05, 0) is 25.0 Å². The van der Waals surface area contributed by atoms with Crippen molar-refractivity contribution in [3.8, 4) is 5.75 Å². The smallest absolute Gasteiger partial charge is 0.119 e. The molecule has 0 saturated carbocycles. The maximum Gasteiger partial charge on any atom is 0.119 e. The molecule has 2 rings (SSSR count). The summed E-state index contributed by atoms with van der Waals surface area (Å²) < 4.78 is 5.72. The van der Waals surface area contributed by atoms with Gasteiger partial charge in [0.25, 0.3) is 0 Å². The molecule has 20 heavy (non-hydrogen) atoms. The van der Waals surface area contributed by atoms with Gasteiger partial charge in [0, 0.05) is 17.3 Å². The van der Waals surface area contributed by atoms with Crippen LogP contribution in [-0.4, -0.2) is 11.6 Å². The summed E-state index contributed by atoms with van der Waals surface area (Å²) in [5.74, 6) is 1.32.